The molecule has 0 atom stereocenters. The Morgan fingerprint density at radius 2 is 1.62 bits per heavy atom. The molecule has 1 aliphatic rings. The van der Waals surface area contributed by atoms with Gasteiger partial charge in [-0.15, -0.1) is 11.3 Å². The molecule has 0 bridgehead atoms. The molecule has 0 radical (unpaired) electrons. The number of amides is 3. The van der Waals surface area contributed by atoms with Crippen LogP contribution in [0.25, 0.3) is 20.8 Å². The van der Waals surface area contributed by atoms with Crippen LogP contribution in [0.15, 0.2) is 79.1 Å². The summed E-state index contributed by atoms with van der Waals surface area (Å²) >= 11 is 1.38. The third-order valence-corrected chi connectivity index (χ3v) is 9.34. The number of fused-ring (bicyclic) bond motifs is 1. The number of anilines is 2. The quantitative estimate of drug-likeness (QED) is 0.123. The predicted molar refractivity (Wildman–Crippen MR) is 193 cm³/mol. The van der Waals surface area contributed by atoms with Crippen LogP contribution in [0.2, 0.25) is 0 Å². The lowest BCUT2D eigenvalue weighted by molar-refractivity contribution is -0.131. The minimum atomic E-state index is -1.29. The Bertz CT molecular complexity index is 2100. The fraction of sp³-hybridized carbons (Fsp3) is 0.289. The van der Waals surface area contributed by atoms with E-state index >= 15 is 4.39 Å². The maximum atomic E-state index is 15.3. The van der Waals surface area contributed by atoms with Gasteiger partial charge in [-0.05, 0) is 87.7 Å². The van der Waals surface area contributed by atoms with Gasteiger partial charge >= 0.3 is 6.09 Å². The van der Waals surface area contributed by atoms with Crippen LogP contribution < -0.4 is 15.4 Å². The van der Waals surface area contributed by atoms with Gasteiger partial charge in [0.1, 0.15) is 22.6 Å². The lowest BCUT2D eigenvalue weighted by Gasteiger charge is -2.27. The molecule has 52 heavy (non-hydrogen) atoms. The highest BCUT2D eigenvalue weighted by Gasteiger charge is 2.56. The van der Waals surface area contributed by atoms with Crippen LogP contribution in [0.3, 0.4) is 0 Å². The van der Waals surface area contributed by atoms with Crippen molar-refractivity contribution in [3.63, 3.8) is 0 Å². The first-order valence-corrected chi connectivity index (χ1v) is 17.3. The standard InChI is InChI=1S/C38H37F2N5O6S/c1-37(2,3)51-36(48)45(17-18-49-4)22-23-5-11-28(42-21-23)32-20-29-33(52-32)31(13-16-41-29)50-30-12-10-26(19-27(30)40)44-35(47)38(14-15-38)34(46)43-25-8-6-24(39)7-9-25/h5-13,16,19-21H,14-15,17-18,22H2,1-4H3,(H,43,46)(H,44,47). The molecule has 6 rings (SSSR count). The van der Waals surface area contributed by atoms with E-state index in [1.165, 1.54) is 47.7 Å². The van der Waals surface area contributed by atoms with Crippen molar-refractivity contribution in [3.05, 3.63) is 96.3 Å². The molecule has 0 spiro atoms. The van der Waals surface area contributed by atoms with Crippen molar-refractivity contribution in [2.24, 2.45) is 5.41 Å². The molecule has 0 saturated heterocycles. The van der Waals surface area contributed by atoms with Crippen LogP contribution >= 0.6 is 11.3 Å². The molecule has 2 N–H and O–H groups in total. The summed E-state index contributed by atoms with van der Waals surface area (Å²) in [6.45, 7) is 6.45. The summed E-state index contributed by atoms with van der Waals surface area (Å²) in [4.78, 5) is 50.2. The number of hydrogen-bond acceptors (Lipinski definition) is 9. The van der Waals surface area contributed by atoms with Crippen LogP contribution in [0.1, 0.15) is 39.2 Å². The Hall–Kier alpha value is -5.47. The Labute approximate surface area is 302 Å². The highest BCUT2D eigenvalue weighted by Crippen LogP contribution is 2.48. The first kappa shape index (κ1) is 36.3. The Kier molecular flexibility index (Phi) is 10.5. The number of carbonyl (C=O) groups excluding carboxylic acids is 3. The van der Waals surface area contributed by atoms with E-state index in [2.05, 4.69) is 20.6 Å². The number of methoxy groups -OCH3 is 1. The molecular weight excluding hydrogens is 693 g/mol. The van der Waals surface area contributed by atoms with Crippen molar-refractivity contribution in [2.45, 2.75) is 45.8 Å². The first-order valence-electron chi connectivity index (χ1n) is 16.5. The van der Waals surface area contributed by atoms with Gasteiger partial charge in [0.05, 0.1) is 33.9 Å². The van der Waals surface area contributed by atoms with Gasteiger partial charge in [0.25, 0.3) is 0 Å². The van der Waals surface area contributed by atoms with E-state index in [-0.39, 0.29) is 11.4 Å². The summed E-state index contributed by atoms with van der Waals surface area (Å²) in [6.07, 6.45) is 3.49. The average Bonchev–Trinajstić information content (AvgIpc) is 3.81. The highest BCUT2D eigenvalue weighted by molar-refractivity contribution is 7.22. The van der Waals surface area contributed by atoms with Gasteiger partial charge in [0.15, 0.2) is 11.6 Å². The molecule has 1 aliphatic carbocycles. The number of nitrogens with one attached hydrogen (secondary N) is 2. The van der Waals surface area contributed by atoms with E-state index < -0.39 is 40.6 Å². The number of ether oxygens (including phenoxy) is 3. The Morgan fingerprint density at radius 3 is 2.25 bits per heavy atom. The molecule has 3 heterocycles. The van der Waals surface area contributed by atoms with Gasteiger partial charge < -0.3 is 29.7 Å². The monoisotopic (exact) mass is 729 g/mol. The van der Waals surface area contributed by atoms with Crippen LogP contribution in [-0.2, 0) is 25.6 Å². The molecule has 5 aromatic rings. The minimum Gasteiger partial charge on any atom is -0.453 e. The number of carbonyl (C=O) groups is 3. The normalized spacial score (nSPS) is 13.3. The number of pyridine rings is 2. The fourth-order valence-corrected chi connectivity index (χ4v) is 6.31. The number of halogens is 2. The number of benzene rings is 2. The zero-order valence-electron chi connectivity index (χ0n) is 29.0. The average molecular weight is 730 g/mol. The molecule has 3 aromatic heterocycles. The number of nitrogens with zero attached hydrogens (tertiary/aromatic N) is 3. The topological polar surface area (TPSA) is 132 Å². The molecule has 1 fully saturated rings. The summed E-state index contributed by atoms with van der Waals surface area (Å²) < 4.78 is 46.0. The van der Waals surface area contributed by atoms with Crippen molar-refractivity contribution < 1.29 is 37.4 Å². The SMILES string of the molecule is COCCN(Cc1ccc(-c2cc3nccc(Oc4ccc(NC(=O)C5(C(=O)Nc6ccc(F)cc6)CC5)cc4F)c3s2)nc1)C(=O)OC(C)(C)C. The van der Waals surface area contributed by atoms with Crippen LogP contribution in [-0.4, -0.2) is 58.6 Å². The molecule has 0 aliphatic heterocycles. The Balaban J connectivity index is 1.12. The van der Waals surface area contributed by atoms with E-state index in [1.54, 1.807) is 30.5 Å². The van der Waals surface area contributed by atoms with Gasteiger partial charge in [-0.2, -0.15) is 0 Å². The minimum absolute atomic E-state index is 0.0684. The molecule has 0 unspecified atom stereocenters. The number of hydrogen-bond donors (Lipinski definition) is 2. The van der Waals surface area contributed by atoms with Crippen molar-refractivity contribution in [1.29, 1.82) is 0 Å². The van der Waals surface area contributed by atoms with Crippen molar-refractivity contribution in [3.8, 4) is 22.1 Å². The van der Waals surface area contributed by atoms with Gasteiger partial charge in [-0.25, -0.2) is 13.6 Å². The first-order chi connectivity index (χ1) is 24.8. The summed E-state index contributed by atoms with van der Waals surface area (Å²) in [6, 6.07) is 16.5. The molecule has 270 valence electrons. The van der Waals surface area contributed by atoms with Gasteiger partial charge in [0.2, 0.25) is 11.8 Å². The summed E-state index contributed by atoms with van der Waals surface area (Å²) in [5.74, 6) is -1.92. The molecule has 3 amide bonds. The van der Waals surface area contributed by atoms with E-state index in [9.17, 15) is 18.8 Å². The van der Waals surface area contributed by atoms with Crippen LogP contribution in [0, 0.1) is 17.0 Å². The van der Waals surface area contributed by atoms with E-state index in [1.807, 2.05) is 39.0 Å². The van der Waals surface area contributed by atoms with Gasteiger partial charge in [0, 0.05) is 49.6 Å². The van der Waals surface area contributed by atoms with E-state index in [0.717, 1.165) is 16.5 Å². The molecule has 11 nitrogen and oxygen atoms in total. The largest absolute Gasteiger partial charge is 0.453 e. The maximum Gasteiger partial charge on any atom is 0.410 e. The second-order valence-corrected chi connectivity index (χ2v) is 14.4. The van der Waals surface area contributed by atoms with Gasteiger partial charge in [-0.1, -0.05) is 6.07 Å². The number of rotatable bonds is 12. The molecule has 1 saturated carbocycles. The molecular formula is C38H37F2N5O6S. The number of aromatic nitrogens is 2. The van der Waals surface area contributed by atoms with E-state index in [0.29, 0.717) is 59.9 Å². The fourth-order valence-electron chi connectivity index (χ4n) is 5.27. The zero-order valence-corrected chi connectivity index (χ0v) is 29.8. The molecule has 2 aromatic carbocycles. The maximum absolute atomic E-state index is 15.3. The molecule has 14 heteroatoms. The smallest absolute Gasteiger partial charge is 0.410 e. The highest BCUT2D eigenvalue weighted by atomic mass is 32.1. The summed E-state index contributed by atoms with van der Waals surface area (Å²) in [5.41, 5.74) is 0.735. The third kappa shape index (κ3) is 8.52. The predicted octanol–water partition coefficient (Wildman–Crippen LogP) is 8.17. The van der Waals surface area contributed by atoms with E-state index in [4.69, 9.17) is 14.2 Å². The summed E-state index contributed by atoms with van der Waals surface area (Å²) in [7, 11) is 1.57. The van der Waals surface area contributed by atoms with Crippen molar-refractivity contribution in [1.82, 2.24) is 14.9 Å². The zero-order chi connectivity index (χ0) is 37.0. The lowest BCUT2D eigenvalue weighted by atomic mass is 10.0. The second kappa shape index (κ2) is 15.0. The summed E-state index contributed by atoms with van der Waals surface area (Å²) in [5, 5.41) is 5.29. The third-order valence-electron chi connectivity index (χ3n) is 8.17. The Morgan fingerprint density at radius 1 is 0.904 bits per heavy atom. The van der Waals surface area contributed by atoms with Crippen molar-refractivity contribution in [2.75, 3.05) is 30.9 Å². The lowest BCUT2D eigenvalue weighted by Crippen LogP contribution is -2.38. The second-order valence-electron chi connectivity index (χ2n) is 13.3. The number of thiophene rings is 1. The van der Waals surface area contributed by atoms with Crippen LogP contribution in [0.5, 0.6) is 11.5 Å². The van der Waals surface area contributed by atoms with Crippen LogP contribution in [0.4, 0.5) is 25.0 Å². The van der Waals surface area contributed by atoms with Crippen molar-refractivity contribution >= 4 is 50.8 Å². The van der Waals surface area contributed by atoms with Gasteiger partial charge in [-0.3, -0.25) is 19.6 Å².